The molecule has 6 atom stereocenters. The highest BCUT2D eigenvalue weighted by molar-refractivity contribution is 6.74. The Labute approximate surface area is 185 Å². The maximum absolute atomic E-state index is 11.0. The molecule has 1 aliphatic rings. The van der Waals surface area contributed by atoms with E-state index in [1.54, 1.807) is 6.26 Å². The molecule has 1 saturated heterocycles. The fraction of sp³-hybridized carbons (Fsp3) is 0.840. The Bertz CT molecular complexity index is 607. The van der Waals surface area contributed by atoms with Crippen molar-refractivity contribution >= 4 is 8.32 Å². The summed E-state index contributed by atoms with van der Waals surface area (Å²) in [5.41, 5.74) is 0. The zero-order valence-electron chi connectivity index (χ0n) is 20.6. The summed E-state index contributed by atoms with van der Waals surface area (Å²) in [6.45, 7) is 18.0. The van der Waals surface area contributed by atoms with E-state index in [1.807, 2.05) is 19.1 Å². The number of aliphatic hydroxyl groups is 1. The van der Waals surface area contributed by atoms with Crippen LogP contribution in [0.4, 0.5) is 0 Å². The average Bonchev–Trinajstić information content (AvgIpc) is 3.33. The highest BCUT2D eigenvalue weighted by Crippen LogP contribution is 2.40. The average molecular weight is 439 g/mol. The van der Waals surface area contributed by atoms with Crippen LogP contribution in [0.15, 0.2) is 22.8 Å². The van der Waals surface area contributed by atoms with E-state index in [2.05, 4.69) is 47.7 Å². The van der Waals surface area contributed by atoms with Gasteiger partial charge in [-0.3, -0.25) is 0 Å². The molecular weight excluding hydrogens is 392 g/mol. The summed E-state index contributed by atoms with van der Waals surface area (Å²) in [7, 11) is -1.79. The van der Waals surface area contributed by atoms with Crippen LogP contribution < -0.4 is 0 Å². The molecule has 0 unspecified atom stereocenters. The molecule has 4 nitrogen and oxygen atoms in total. The lowest BCUT2D eigenvalue weighted by Crippen LogP contribution is -2.44. The third-order valence-corrected chi connectivity index (χ3v) is 12.0. The van der Waals surface area contributed by atoms with Gasteiger partial charge in [-0.15, -0.1) is 0 Å². The van der Waals surface area contributed by atoms with Gasteiger partial charge in [0.05, 0.1) is 24.6 Å². The summed E-state index contributed by atoms with van der Waals surface area (Å²) in [5, 5.41) is 11.3. The van der Waals surface area contributed by atoms with Crippen LogP contribution in [-0.2, 0) is 9.16 Å². The van der Waals surface area contributed by atoms with E-state index in [1.165, 1.54) is 0 Å². The monoisotopic (exact) mass is 438 g/mol. The Morgan fingerprint density at radius 2 is 1.93 bits per heavy atom. The van der Waals surface area contributed by atoms with Crippen LogP contribution in [0.1, 0.15) is 91.7 Å². The van der Waals surface area contributed by atoms with Gasteiger partial charge in [0.2, 0.25) is 0 Å². The normalized spacial score (nSPS) is 24.6. The fourth-order valence-electron chi connectivity index (χ4n) is 4.47. The maximum atomic E-state index is 11.0. The molecule has 0 spiro atoms. The molecule has 2 heterocycles. The molecule has 1 fully saturated rings. The quantitative estimate of drug-likeness (QED) is 0.382. The van der Waals surface area contributed by atoms with Crippen molar-refractivity contribution in [2.24, 2.45) is 5.92 Å². The summed E-state index contributed by atoms with van der Waals surface area (Å²) >= 11 is 0. The lowest BCUT2D eigenvalue weighted by molar-refractivity contribution is -0.0531. The fourth-order valence-corrected chi connectivity index (χ4v) is 5.87. The Hall–Kier alpha value is -0.623. The zero-order valence-corrected chi connectivity index (χ0v) is 21.6. The highest BCUT2D eigenvalue weighted by Gasteiger charge is 2.41. The molecule has 0 saturated carbocycles. The van der Waals surface area contributed by atoms with Gasteiger partial charge in [0.1, 0.15) is 5.76 Å². The molecule has 1 aromatic heterocycles. The van der Waals surface area contributed by atoms with Crippen LogP contribution in [0.2, 0.25) is 18.1 Å². The van der Waals surface area contributed by atoms with Gasteiger partial charge in [0.15, 0.2) is 8.32 Å². The number of hydrogen-bond donors (Lipinski definition) is 1. The Morgan fingerprint density at radius 3 is 2.47 bits per heavy atom. The number of rotatable bonds is 11. The van der Waals surface area contributed by atoms with Crippen LogP contribution in [-0.4, -0.2) is 37.8 Å². The van der Waals surface area contributed by atoms with Crippen molar-refractivity contribution in [1.29, 1.82) is 0 Å². The van der Waals surface area contributed by atoms with Gasteiger partial charge in [-0.2, -0.15) is 0 Å². The second-order valence-electron chi connectivity index (χ2n) is 10.8. The van der Waals surface area contributed by atoms with Gasteiger partial charge < -0.3 is 18.7 Å². The van der Waals surface area contributed by atoms with E-state index in [0.29, 0.717) is 0 Å². The molecule has 5 heteroatoms. The predicted octanol–water partition coefficient (Wildman–Crippen LogP) is 6.90. The van der Waals surface area contributed by atoms with Gasteiger partial charge in [-0.1, -0.05) is 48.0 Å². The molecule has 0 amide bonds. The van der Waals surface area contributed by atoms with Crippen molar-refractivity contribution in [3.63, 3.8) is 0 Å². The second-order valence-corrected chi connectivity index (χ2v) is 15.5. The van der Waals surface area contributed by atoms with Gasteiger partial charge in [-0.25, -0.2) is 0 Å². The number of ether oxygens (including phenoxy) is 1. The third kappa shape index (κ3) is 6.44. The maximum Gasteiger partial charge on any atom is 0.192 e. The smallest absolute Gasteiger partial charge is 0.192 e. The lowest BCUT2D eigenvalue weighted by atomic mass is 9.84. The summed E-state index contributed by atoms with van der Waals surface area (Å²) in [4.78, 5) is 0. The van der Waals surface area contributed by atoms with Crippen molar-refractivity contribution in [1.82, 2.24) is 0 Å². The highest BCUT2D eigenvalue weighted by atomic mass is 28.4. The van der Waals surface area contributed by atoms with E-state index in [0.717, 1.165) is 44.3 Å². The number of furan rings is 1. The minimum Gasteiger partial charge on any atom is -0.469 e. The van der Waals surface area contributed by atoms with E-state index in [4.69, 9.17) is 13.6 Å². The largest absolute Gasteiger partial charge is 0.469 e. The van der Waals surface area contributed by atoms with Crippen LogP contribution >= 0.6 is 0 Å². The van der Waals surface area contributed by atoms with Crippen LogP contribution in [0.3, 0.4) is 0 Å². The molecule has 1 N–H and O–H groups in total. The van der Waals surface area contributed by atoms with Gasteiger partial charge in [0.25, 0.3) is 0 Å². The first-order chi connectivity index (χ1) is 14.0. The van der Waals surface area contributed by atoms with Crippen LogP contribution in [0, 0.1) is 5.92 Å². The van der Waals surface area contributed by atoms with E-state index >= 15 is 0 Å². The molecule has 174 valence electrons. The van der Waals surface area contributed by atoms with Crippen molar-refractivity contribution < 1.29 is 18.7 Å². The van der Waals surface area contributed by atoms with Gasteiger partial charge in [0, 0.05) is 17.9 Å². The topological polar surface area (TPSA) is 51.8 Å². The van der Waals surface area contributed by atoms with E-state index in [9.17, 15) is 5.11 Å². The molecule has 0 aromatic carbocycles. The van der Waals surface area contributed by atoms with Gasteiger partial charge >= 0.3 is 0 Å². The van der Waals surface area contributed by atoms with Gasteiger partial charge in [-0.05, 0) is 62.4 Å². The third-order valence-electron chi connectivity index (χ3n) is 7.44. The first kappa shape index (κ1) is 25.6. The molecule has 0 aliphatic carbocycles. The molecule has 0 bridgehead atoms. The van der Waals surface area contributed by atoms with Crippen molar-refractivity contribution in [3.8, 4) is 0 Å². The van der Waals surface area contributed by atoms with Crippen LogP contribution in [0.5, 0.6) is 0 Å². The summed E-state index contributed by atoms with van der Waals surface area (Å²) in [5.74, 6) is 0.949. The number of hydrogen-bond acceptors (Lipinski definition) is 4. The second kappa shape index (κ2) is 10.8. The van der Waals surface area contributed by atoms with E-state index < -0.39 is 14.4 Å². The first-order valence-electron chi connectivity index (χ1n) is 12.0. The Kier molecular flexibility index (Phi) is 9.23. The Morgan fingerprint density at radius 1 is 1.23 bits per heavy atom. The molecule has 0 radical (unpaired) electrons. The Balaban J connectivity index is 1.98. The SMILES string of the molecule is CCC[C@@H](C[C@@H]1CC[C@H]([C@@H](CC)[C@H](O)[C@H](C)c2ccco2)O1)O[Si](C)(C)C(C)(C)C. The van der Waals surface area contributed by atoms with Crippen molar-refractivity contribution in [3.05, 3.63) is 24.2 Å². The molecule has 2 rings (SSSR count). The predicted molar refractivity (Wildman–Crippen MR) is 126 cm³/mol. The molecule has 1 aromatic rings. The summed E-state index contributed by atoms with van der Waals surface area (Å²) < 4.78 is 18.8. The summed E-state index contributed by atoms with van der Waals surface area (Å²) in [6, 6.07) is 3.84. The summed E-state index contributed by atoms with van der Waals surface area (Å²) in [6.07, 6.45) is 8.01. The first-order valence-corrected chi connectivity index (χ1v) is 15.0. The van der Waals surface area contributed by atoms with Crippen LogP contribution in [0.25, 0.3) is 0 Å². The minimum atomic E-state index is -1.79. The molecular formula is C25H46O4Si. The van der Waals surface area contributed by atoms with Crippen molar-refractivity contribution in [2.45, 2.75) is 129 Å². The standard InChI is InChI=1S/C25H46O4Si/c1-9-12-20(29-30(7,8)25(4,5)6)17-19-14-15-23(28-19)21(10-2)24(26)18(3)22-13-11-16-27-22/h11,13,16,18-21,23-24,26H,9-10,12,14-15,17H2,1-8H3/t18-,19+,20+,21-,23-,24-/m1/s1. The zero-order chi connectivity index (χ0) is 22.5. The minimum absolute atomic E-state index is 0.0256. The lowest BCUT2D eigenvalue weighted by Gasteiger charge is -2.40. The molecule has 1 aliphatic heterocycles. The van der Waals surface area contributed by atoms with E-state index in [-0.39, 0.29) is 35.2 Å². The van der Waals surface area contributed by atoms with Crippen molar-refractivity contribution in [2.75, 3.05) is 0 Å². The number of aliphatic hydroxyl groups excluding tert-OH is 1. The molecule has 30 heavy (non-hydrogen) atoms.